The highest BCUT2D eigenvalue weighted by Crippen LogP contribution is 2.25. The van der Waals surface area contributed by atoms with Crippen molar-refractivity contribution in [3.8, 4) is 0 Å². The van der Waals surface area contributed by atoms with E-state index in [-0.39, 0.29) is 16.7 Å². The molecule has 1 aliphatic carbocycles. The smallest absolute Gasteiger partial charge is 0.293 e. The van der Waals surface area contributed by atoms with E-state index in [4.69, 9.17) is 10.6 Å². The molecule has 20 heavy (non-hydrogen) atoms. The van der Waals surface area contributed by atoms with Gasteiger partial charge in [0.2, 0.25) is 0 Å². The minimum Gasteiger partial charge on any atom is -0.393 e. The second-order valence-corrected chi connectivity index (χ2v) is 6.23. The Morgan fingerprint density at radius 1 is 1.35 bits per heavy atom. The number of nitrogens with zero attached hydrogens (tertiary/aromatic N) is 1. The number of benzene rings is 1. The summed E-state index contributed by atoms with van der Waals surface area (Å²) < 4.78 is 24.0. The normalized spacial score (nSPS) is 16.4. The van der Waals surface area contributed by atoms with Gasteiger partial charge in [-0.25, -0.2) is 8.42 Å². The number of nitro groups is 1. The van der Waals surface area contributed by atoms with Gasteiger partial charge in [-0.05, 0) is 25.0 Å². The average Bonchev–Trinajstić information content (AvgIpc) is 2.89. The Bertz CT molecular complexity index is 610. The molecule has 8 nitrogen and oxygen atoms in total. The molecular weight excluding hydrogens is 286 g/mol. The predicted octanol–water partition coefficient (Wildman–Crippen LogP) is 1.33. The fourth-order valence-corrected chi connectivity index (χ4v) is 2.91. The molecule has 0 radical (unpaired) electrons. The number of nitrogens with one attached hydrogen (secondary N) is 1. The van der Waals surface area contributed by atoms with Crippen LogP contribution in [-0.2, 0) is 14.9 Å². The number of hydrogen-bond acceptors (Lipinski definition) is 6. The van der Waals surface area contributed by atoms with Crippen LogP contribution in [0.1, 0.15) is 25.7 Å². The van der Waals surface area contributed by atoms with Gasteiger partial charge in [-0.15, -0.1) is 0 Å². The molecule has 1 saturated carbocycles. The maximum Gasteiger partial charge on any atom is 0.293 e. The summed E-state index contributed by atoms with van der Waals surface area (Å²) in [6.07, 6.45) is 3.45. The van der Waals surface area contributed by atoms with E-state index in [1.807, 2.05) is 4.89 Å². The second-order valence-electron chi connectivity index (χ2n) is 4.59. The number of sulfonamides is 1. The molecule has 0 aliphatic heterocycles. The minimum absolute atomic E-state index is 0.0920. The Kier molecular flexibility index (Phi) is 4.21. The number of rotatable bonds is 5. The minimum atomic E-state index is -3.95. The Morgan fingerprint density at radius 2 is 2.00 bits per heavy atom. The fourth-order valence-electron chi connectivity index (χ4n) is 2.03. The van der Waals surface area contributed by atoms with Crippen LogP contribution in [-0.4, -0.2) is 19.4 Å². The zero-order chi connectivity index (χ0) is 14.8. The van der Waals surface area contributed by atoms with Gasteiger partial charge in [-0.3, -0.25) is 15.0 Å². The zero-order valence-electron chi connectivity index (χ0n) is 10.6. The molecule has 1 aromatic rings. The Balaban J connectivity index is 2.16. The first-order valence-electron chi connectivity index (χ1n) is 6.11. The highest BCUT2D eigenvalue weighted by Gasteiger charge is 2.23. The molecule has 1 aliphatic rings. The first kappa shape index (κ1) is 14.7. The average molecular weight is 301 g/mol. The lowest BCUT2D eigenvalue weighted by atomic mass is 10.3. The molecule has 110 valence electrons. The number of nitrogen functional groups attached to an aromatic ring is 1. The van der Waals surface area contributed by atoms with Gasteiger partial charge in [0.15, 0.2) is 0 Å². The third-order valence-corrected chi connectivity index (χ3v) is 4.33. The summed E-state index contributed by atoms with van der Waals surface area (Å²) in [4.78, 5) is 16.9. The maximum absolute atomic E-state index is 12.0. The van der Waals surface area contributed by atoms with Crippen molar-refractivity contribution in [1.29, 1.82) is 0 Å². The van der Waals surface area contributed by atoms with Crippen LogP contribution in [0, 0.1) is 10.1 Å². The van der Waals surface area contributed by atoms with Gasteiger partial charge in [-0.1, -0.05) is 17.7 Å². The van der Waals surface area contributed by atoms with Gasteiger partial charge >= 0.3 is 0 Å². The highest BCUT2D eigenvalue weighted by molar-refractivity contribution is 7.89. The first-order valence-corrected chi connectivity index (χ1v) is 7.60. The van der Waals surface area contributed by atoms with Crippen LogP contribution in [0.25, 0.3) is 0 Å². The molecule has 0 bridgehead atoms. The van der Waals surface area contributed by atoms with Crippen molar-refractivity contribution in [3.05, 3.63) is 28.3 Å². The molecule has 1 fully saturated rings. The predicted molar refractivity (Wildman–Crippen MR) is 71.2 cm³/mol. The van der Waals surface area contributed by atoms with Gasteiger partial charge in [0.25, 0.3) is 15.7 Å². The monoisotopic (exact) mass is 301 g/mol. The number of nitrogens with two attached hydrogens (primary N) is 1. The summed E-state index contributed by atoms with van der Waals surface area (Å²) in [6, 6.07) is 3.29. The van der Waals surface area contributed by atoms with Gasteiger partial charge in [0.05, 0.1) is 15.9 Å². The Morgan fingerprint density at radius 3 is 2.60 bits per heavy atom. The van der Waals surface area contributed by atoms with Gasteiger partial charge in [0.1, 0.15) is 5.69 Å². The Hall–Kier alpha value is -1.71. The van der Waals surface area contributed by atoms with Crippen LogP contribution in [0.5, 0.6) is 0 Å². The molecule has 3 N–H and O–H groups in total. The summed E-state index contributed by atoms with van der Waals surface area (Å²) in [6.45, 7) is 0. The third-order valence-electron chi connectivity index (χ3n) is 3.14. The van der Waals surface area contributed by atoms with Crippen molar-refractivity contribution < 1.29 is 18.2 Å². The van der Waals surface area contributed by atoms with Crippen molar-refractivity contribution in [3.63, 3.8) is 0 Å². The molecule has 0 amide bonds. The molecule has 1 aromatic carbocycles. The molecule has 9 heteroatoms. The molecule has 0 saturated heterocycles. The fraction of sp³-hybridized carbons (Fsp3) is 0.455. The van der Waals surface area contributed by atoms with Crippen molar-refractivity contribution >= 4 is 21.4 Å². The molecule has 0 unspecified atom stereocenters. The molecule has 0 atom stereocenters. The van der Waals surface area contributed by atoms with Gasteiger partial charge in [-0.2, -0.15) is 0 Å². The zero-order valence-corrected chi connectivity index (χ0v) is 11.4. The molecule has 0 aromatic heterocycles. The lowest BCUT2D eigenvalue weighted by Gasteiger charge is -2.12. The standard InChI is InChI=1S/C11H15N3O5S/c12-10-6-5-9(7-11(10)14(15)16)20(17,18)13-19-8-3-1-2-4-8/h5-8,13H,1-4,12H2. The van der Waals surface area contributed by atoms with Crippen LogP contribution in [0.3, 0.4) is 0 Å². The first-order chi connectivity index (χ1) is 9.40. The quantitative estimate of drug-likeness (QED) is 0.480. The van der Waals surface area contributed by atoms with E-state index in [0.717, 1.165) is 31.7 Å². The molecular formula is C11H15N3O5S. The molecule has 0 heterocycles. The van der Waals surface area contributed by atoms with Crippen LogP contribution in [0.4, 0.5) is 11.4 Å². The summed E-state index contributed by atoms with van der Waals surface area (Å²) in [5.41, 5.74) is 4.88. The number of hydrogen-bond donors (Lipinski definition) is 2. The van der Waals surface area contributed by atoms with E-state index in [1.165, 1.54) is 12.1 Å². The van der Waals surface area contributed by atoms with Crippen molar-refractivity contribution in [2.75, 3.05) is 5.73 Å². The van der Waals surface area contributed by atoms with E-state index in [1.54, 1.807) is 0 Å². The Labute approximate surface area is 116 Å². The summed E-state index contributed by atoms with van der Waals surface area (Å²) in [7, 11) is -3.95. The number of nitro benzene ring substituents is 1. The van der Waals surface area contributed by atoms with E-state index in [9.17, 15) is 18.5 Å². The lowest BCUT2D eigenvalue weighted by Crippen LogP contribution is -2.28. The highest BCUT2D eigenvalue weighted by atomic mass is 32.2. The third kappa shape index (κ3) is 3.24. The van der Waals surface area contributed by atoms with Crippen LogP contribution < -0.4 is 10.6 Å². The van der Waals surface area contributed by atoms with Crippen LogP contribution in [0.15, 0.2) is 23.1 Å². The second kappa shape index (κ2) is 5.73. The molecule has 0 spiro atoms. The van der Waals surface area contributed by atoms with Gasteiger partial charge < -0.3 is 5.73 Å². The summed E-state index contributed by atoms with van der Waals surface area (Å²) in [5, 5.41) is 10.7. The summed E-state index contributed by atoms with van der Waals surface area (Å²) in [5.74, 6) is 0. The van der Waals surface area contributed by atoms with E-state index >= 15 is 0 Å². The maximum atomic E-state index is 12.0. The van der Waals surface area contributed by atoms with Crippen molar-refractivity contribution in [1.82, 2.24) is 4.89 Å². The van der Waals surface area contributed by atoms with Crippen LogP contribution in [0.2, 0.25) is 0 Å². The SMILES string of the molecule is Nc1ccc(S(=O)(=O)NOC2CCCC2)cc1[N+](=O)[O-]. The van der Waals surface area contributed by atoms with Crippen molar-refractivity contribution in [2.24, 2.45) is 0 Å². The largest absolute Gasteiger partial charge is 0.393 e. The topological polar surface area (TPSA) is 125 Å². The van der Waals surface area contributed by atoms with E-state index in [2.05, 4.69) is 0 Å². The molecule has 2 rings (SSSR count). The van der Waals surface area contributed by atoms with Crippen LogP contribution >= 0.6 is 0 Å². The van der Waals surface area contributed by atoms with E-state index < -0.39 is 20.6 Å². The lowest BCUT2D eigenvalue weighted by molar-refractivity contribution is -0.384. The van der Waals surface area contributed by atoms with E-state index in [0.29, 0.717) is 0 Å². The van der Waals surface area contributed by atoms with Crippen molar-refractivity contribution in [2.45, 2.75) is 36.7 Å². The summed E-state index contributed by atoms with van der Waals surface area (Å²) >= 11 is 0. The number of anilines is 1. The van der Waals surface area contributed by atoms with Gasteiger partial charge in [0, 0.05) is 6.07 Å².